The predicted molar refractivity (Wildman–Crippen MR) is 164 cm³/mol. The summed E-state index contributed by atoms with van der Waals surface area (Å²) in [6.45, 7) is 2.72. The van der Waals surface area contributed by atoms with Crippen LogP contribution in [0.15, 0.2) is 66.7 Å². The van der Waals surface area contributed by atoms with Crippen molar-refractivity contribution in [1.29, 1.82) is 5.41 Å². The van der Waals surface area contributed by atoms with E-state index >= 15 is 0 Å². The molecule has 0 radical (unpaired) electrons. The van der Waals surface area contributed by atoms with Crippen LogP contribution < -0.4 is 26.4 Å². The lowest BCUT2D eigenvalue weighted by atomic mass is 10.1. The number of aromatic nitrogens is 2. The summed E-state index contributed by atoms with van der Waals surface area (Å²) < 4.78 is 20.6. The van der Waals surface area contributed by atoms with E-state index in [1.807, 2.05) is 28.8 Å². The number of hydrogen-bond donors (Lipinski definition) is 4. The Morgan fingerprint density at radius 3 is 2.47 bits per heavy atom. The number of primary amides is 1. The highest BCUT2D eigenvalue weighted by molar-refractivity contribution is 5.98. The van der Waals surface area contributed by atoms with E-state index in [0.717, 1.165) is 11.3 Å². The van der Waals surface area contributed by atoms with E-state index in [1.54, 1.807) is 42.3 Å². The van der Waals surface area contributed by atoms with Crippen molar-refractivity contribution in [2.24, 2.45) is 11.5 Å². The van der Waals surface area contributed by atoms with Crippen molar-refractivity contribution in [3.8, 4) is 17.1 Å². The van der Waals surface area contributed by atoms with Crippen LogP contribution in [0.2, 0.25) is 0 Å². The van der Waals surface area contributed by atoms with E-state index in [9.17, 15) is 14.0 Å². The van der Waals surface area contributed by atoms with Gasteiger partial charge in [-0.25, -0.2) is 9.37 Å². The Kier molecular flexibility index (Phi) is 8.74. The van der Waals surface area contributed by atoms with Gasteiger partial charge >= 0.3 is 0 Å². The third-order valence-corrected chi connectivity index (χ3v) is 7.63. The Bertz CT molecular complexity index is 1630. The summed E-state index contributed by atoms with van der Waals surface area (Å²) in [5.41, 5.74) is 14.7. The fourth-order valence-corrected chi connectivity index (χ4v) is 5.43. The zero-order valence-corrected chi connectivity index (χ0v) is 23.9. The highest BCUT2D eigenvalue weighted by Crippen LogP contribution is 2.33. The smallest absolute Gasteiger partial charge is 0.254 e. The number of fused-ring (bicyclic) bond motifs is 1. The quantitative estimate of drug-likeness (QED) is 0.126. The number of hydrogen-bond acceptors (Lipinski definition) is 6. The van der Waals surface area contributed by atoms with Gasteiger partial charge in [0.2, 0.25) is 5.91 Å². The van der Waals surface area contributed by atoms with Gasteiger partial charge in [0.05, 0.1) is 18.1 Å². The molecule has 11 nitrogen and oxygen atoms in total. The van der Waals surface area contributed by atoms with Crippen LogP contribution in [0.5, 0.6) is 5.75 Å². The zero-order chi connectivity index (χ0) is 30.5. The topological polar surface area (TPSA) is 156 Å². The molecule has 4 aromatic rings. The molecule has 1 atom stereocenters. The SMILES string of the molecule is COc1cccc(-c2nc3cc(C(=O)N4CCN(c5ccc(F)cc5)CC4)ccc3n2C(CCCNC(=N)N)C(N)=O)c1. The number of amides is 2. The number of anilines is 1. The van der Waals surface area contributed by atoms with E-state index in [4.69, 9.17) is 26.6 Å². The van der Waals surface area contributed by atoms with Crippen LogP contribution in [-0.4, -0.2) is 72.1 Å². The monoisotopic (exact) mass is 586 g/mol. The highest BCUT2D eigenvalue weighted by Gasteiger charge is 2.27. The first-order valence-electron chi connectivity index (χ1n) is 14.1. The van der Waals surface area contributed by atoms with Crippen molar-refractivity contribution in [2.45, 2.75) is 18.9 Å². The molecule has 1 unspecified atom stereocenters. The molecule has 0 bridgehead atoms. The van der Waals surface area contributed by atoms with E-state index in [0.29, 0.717) is 73.7 Å². The predicted octanol–water partition coefficient (Wildman–Crippen LogP) is 3.10. The summed E-state index contributed by atoms with van der Waals surface area (Å²) >= 11 is 0. The number of methoxy groups -OCH3 is 1. The average molecular weight is 587 g/mol. The number of benzene rings is 3. The zero-order valence-electron chi connectivity index (χ0n) is 23.9. The standard InChI is InChI=1S/C31H35FN8O3/c1-43-24-5-2-4-20(18-24)29-37-25-19-21(7-12-26(25)40(29)27(28(33)41)6-3-13-36-31(34)35)30(42)39-16-14-38(15-17-39)23-10-8-22(32)9-11-23/h2,4-5,7-12,18-19,27H,3,6,13-17H2,1H3,(H2,33,41)(H4,34,35,36). The van der Waals surface area contributed by atoms with Crippen molar-refractivity contribution in [3.05, 3.63) is 78.1 Å². The number of nitrogens with two attached hydrogens (primary N) is 2. The van der Waals surface area contributed by atoms with Crippen molar-refractivity contribution < 1.29 is 18.7 Å². The number of halogens is 1. The molecule has 12 heteroatoms. The first kappa shape index (κ1) is 29.4. The fraction of sp³-hybridized carbons (Fsp3) is 0.290. The van der Waals surface area contributed by atoms with E-state index in [1.165, 1.54) is 12.1 Å². The minimum Gasteiger partial charge on any atom is -0.497 e. The van der Waals surface area contributed by atoms with Gasteiger partial charge in [-0.2, -0.15) is 0 Å². The Balaban J connectivity index is 1.44. The van der Waals surface area contributed by atoms with Gasteiger partial charge in [0, 0.05) is 49.5 Å². The number of carbonyl (C=O) groups excluding carboxylic acids is 2. The van der Waals surface area contributed by atoms with Crippen LogP contribution in [0, 0.1) is 11.2 Å². The molecular formula is C31H35FN8O3. The highest BCUT2D eigenvalue weighted by atomic mass is 19.1. The van der Waals surface area contributed by atoms with Gasteiger partial charge in [0.1, 0.15) is 23.4 Å². The van der Waals surface area contributed by atoms with E-state index in [2.05, 4.69) is 10.2 Å². The summed E-state index contributed by atoms with van der Waals surface area (Å²) in [5.74, 6) is 0.0973. The molecule has 1 aliphatic heterocycles. The lowest BCUT2D eigenvalue weighted by molar-refractivity contribution is -0.121. The maximum absolute atomic E-state index is 13.5. The molecule has 0 saturated carbocycles. The first-order chi connectivity index (χ1) is 20.7. The molecule has 2 amide bonds. The molecule has 224 valence electrons. The van der Waals surface area contributed by atoms with Gasteiger partial charge in [-0.3, -0.25) is 15.0 Å². The lowest BCUT2D eigenvalue weighted by Crippen LogP contribution is -2.48. The van der Waals surface area contributed by atoms with Crippen LogP contribution >= 0.6 is 0 Å². The number of guanidine groups is 1. The second-order valence-corrected chi connectivity index (χ2v) is 10.4. The molecular weight excluding hydrogens is 551 g/mol. The largest absolute Gasteiger partial charge is 0.497 e. The van der Waals surface area contributed by atoms with Crippen LogP contribution in [0.4, 0.5) is 10.1 Å². The number of nitrogens with one attached hydrogen (secondary N) is 2. The molecule has 1 fully saturated rings. The Hall–Kier alpha value is -5.13. The van der Waals surface area contributed by atoms with Gasteiger partial charge in [-0.15, -0.1) is 0 Å². The molecule has 1 saturated heterocycles. The third kappa shape index (κ3) is 6.53. The summed E-state index contributed by atoms with van der Waals surface area (Å²) in [6.07, 6.45) is 0.919. The van der Waals surface area contributed by atoms with E-state index in [-0.39, 0.29) is 17.7 Å². The van der Waals surface area contributed by atoms with Crippen molar-refractivity contribution in [2.75, 3.05) is 44.7 Å². The minimum atomic E-state index is -0.735. The van der Waals surface area contributed by atoms with E-state index < -0.39 is 11.9 Å². The third-order valence-electron chi connectivity index (χ3n) is 7.63. The maximum atomic E-state index is 13.5. The number of piperazine rings is 1. The number of rotatable bonds is 10. The van der Waals surface area contributed by atoms with Gasteiger partial charge in [0.15, 0.2) is 5.96 Å². The van der Waals surface area contributed by atoms with Crippen LogP contribution in [-0.2, 0) is 4.79 Å². The summed E-state index contributed by atoms with van der Waals surface area (Å²) in [7, 11) is 1.58. The van der Waals surface area contributed by atoms with Gasteiger partial charge in [-0.05, 0) is 67.4 Å². The number of nitrogens with zero attached hydrogens (tertiary/aromatic N) is 4. The number of imidazole rings is 1. The molecule has 0 aliphatic carbocycles. The number of ether oxygens (including phenoxy) is 1. The molecule has 1 aliphatic rings. The molecule has 1 aromatic heterocycles. The Labute approximate surface area is 248 Å². The van der Waals surface area contributed by atoms with Crippen LogP contribution in [0.1, 0.15) is 29.2 Å². The summed E-state index contributed by atoms with van der Waals surface area (Å²) in [4.78, 5) is 35.1. The number of carbonyl (C=O) groups is 2. The molecule has 43 heavy (non-hydrogen) atoms. The maximum Gasteiger partial charge on any atom is 0.254 e. The van der Waals surface area contributed by atoms with Gasteiger partial charge < -0.3 is 35.9 Å². The molecule has 0 spiro atoms. The average Bonchev–Trinajstić information content (AvgIpc) is 3.39. The summed E-state index contributed by atoms with van der Waals surface area (Å²) in [5, 5.41) is 10.1. The van der Waals surface area contributed by atoms with Crippen molar-refractivity contribution >= 4 is 34.5 Å². The second-order valence-electron chi connectivity index (χ2n) is 10.4. The Morgan fingerprint density at radius 1 is 1.05 bits per heavy atom. The first-order valence-corrected chi connectivity index (χ1v) is 14.1. The van der Waals surface area contributed by atoms with Crippen LogP contribution in [0.3, 0.4) is 0 Å². The summed E-state index contributed by atoms with van der Waals surface area (Å²) in [6, 6.07) is 18.3. The molecule has 5 rings (SSSR count). The molecule has 3 aromatic carbocycles. The van der Waals surface area contributed by atoms with Gasteiger partial charge in [-0.1, -0.05) is 12.1 Å². The van der Waals surface area contributed by atoms with Gasteiger partial charge in [0.25, 0.3) is 5.91 Å². The minimum absolute atomic E-state index is 0.111. The normalized spacial score (nSPS) is 14.0. The van der Waals surface area contributed by atoms with Crippen molar-refractivity contribution in [1.82, 2.24) is 19.8 Å². The fourth-order valence-electron chi connectivity index (χ4n) is 5.43. The lowest BCUT2D eigenvalue weighted by Gasteiger charge is -2.36. The molecule has 6 N–H and O–H groups in total. The van der Waals surface area contributed by atoms with Crippen molar-refractivity contribution in [3.63, 3.8) is 0 Å². The second kappa shape index (κ2) is 12.8. The Morgan fingerprint density at radius 2 is 1.79 bits per heavy atom. The van der Waals surface area contributed by atoms with Crippen LogP contribution in [0.25, 0.3) is 22.4 Å². The molecule has 2 heterocycles.